The lowest BCUT2D eigenvalue weighted by Gasteiger charge is -1.96. The van der Waals surface area contributed by atoms with Gasteiger partial charge in [-0.1, -0.05) is 11.8 Å². The minimum Gasteiger partial charge on any atom is -0.396 e. The van der Waals surface area contributed by atoms with Crippen LogP contribution in [0.4, 0.5) is 0 Å². The van der Waals surface area contributed by atoms with Crippen molar-refractivity contribution in [2.24, 2.45) is 0 Å². The largest absolute Gasteiger partial charge is 0.396 e. The van der Waals surface area contributed by atoms with E-state index in [0.717, 1.165) is 23.5 Å². The normalized spacial score (nSPS) is 9.88. The molecule has 0 aromatic carbocycles. The van der Waals surface area contributed by atoms with Crippen LogP contribution >= 0.6 is 23.1 Å². The Morgan fingerprint density at radius 1 is 1.31 bits per heavy atom. The first-order valence-corrected chi connectivity index (χ1v) is 7.26. The van der Waals surface area contributed by atoms with Gasteiger partial charge in [0, 0.05) is 34.6 Å². The fourth-order valence-corrected chi connectivity index (χ4v) is 2.97. The molecule has 0 unspecified atom stereocenters. The fraction of sp³-hybridized carbons (Fsp3) is 0.500. The van der Waals surface area contributed by atoms with E-state index in [-0.39, 0.29) is 13.2 Å². The average Bonchev–Trinajstić information content (AvgIpc) is 2.73. The van der Waals surface area contributed by atoms with Crippen molar-refractivity contribution in [1.82, 2.24) is 0 Å². The Hall–Kier alpha value is -0.470. The van der Waals surface area contributed by atoms with Crippen LogP contribution in [0.5, 0.6) is 0 Å². The Balaban J connectivity index is 2.31. The Labute approximate surface area is 105 Å². The Morgan fingerprint density at radius 3 is 2.94 bits per heavy atom. The first kappa shape index (κ1) is 13.6. The van der Waals surface area contributed by atoms with E-state index in [0.29, 0.717) is 6.42 Å². The average molecular weight is 256 g/mol. The van der Waals surface area contributed by atoms with Gasteiger partial charge in [0.2, 0.25) is 0 Å². The minimum atomic E-state index is 0.126. The molecule has 1 aromatic heterocycles. The molecular weight excluding hydrogens is 240 g/mol. The fourth-order valence-electron chi connectivity index (χ4n) is 1.08. The number of hydrogen-bond donors (Lipinski definition) is 2. The molecule has 0 radical (unpaired) electrons. The molecule has 0 fully saturated rings. The van der Waals surface area contributed by atoms with E-state index in [1.54, 1.807) is 11.3 Å². The van der Waals surface area contributed by atoms with Gasteiger partial charge >= 0.3 is 0 Å². The highest BCUT2D eigenvalue weighted by Gasteiger charge is 1.97. The van der Waals surface area contributed by atoms with Gasteiger partial charge in [0.15, 0.2) is 0 Å². The number of aliphatic hydroxyl groups is 2. The zero-order valence-electron chi connectivity index (χ0n) is 9.11. The van der Waals surface area contributed by atoms with Crippen molar-refractivity contribution in [3.63, 3.8) is 0 Å². The molecule has 0 saturated heterocycles. The highest BCUT2D eigenvalue weighted by atomic mass is 32.2. The van der Waals surface area contributed by atoms with Crippen molar-refractivity contribution in [2.45, 2.75) is 18.6 Å². The third-order valence-electron chi connectivity index (χ3n) is 1.81. The number of thioether (sulfide) groups is 1. The smallest absolute Gasteiger partial charge is 0.0540 e. The van der Waals surface area contributed by atoms with E-state index in [1.807, 2.05) is 17.1 Å². The van der Waals surface area contributed by atoms with Crippen molar-refractivity contribution < 1.29 is 10.2 Å². The molecule has 0 spiro atoms. The molecule has 0 aliphatic carbocycles. The maximum Gasteiger partial charge on any atom is 0.0540 e. The predicted molar refractivity (Wildman–Crippen MR) is 70.8 cm³/mol. The number of rotatable bonds is 6. The van der Waals surface area contributed by atoms with Crippen LogP contribution in [0.25, 0.3) is 0 Å². The maximum atomic E-state index is 8.64. The summed E-state index contributed by atoms with van der Waals surface area (Å²) in [6, 6.07) is 2.10. The molecule has 4 heteroatoms. The standard InChI is InChI=1S/C12H16O2S2/c13-5-2-1-4-11-8-12(16-9-11)10-15-7-3-6-14/h8-9,13-14H,2-3,5-7,10H2. The first-order chi connectivity index (χ1) is 7.86. The molecule has 0 amide bonds. The SMILES string of the molecule is OCCC#Cc1csc(CSCCCO)c1. The summed E-state index contributed by atoms with van der Waals surface area (Å²) < 4.78 is 0. The van der Waals surface area contributed by atoms with Gasteiger partial charge < -0.3 is 10.2 Å². The molecule has 1 aromatic rings. The van der Waals surface area contributed by atoms with Crippen molar-refractivity contribution >= 4 is 23.1 Å². The van der Waals surface area contributed by atoms with Crippen molar-refractivity contribution in [1.29, 1.82) is 0 Å². The zero-order valence-corrected chi connectivity index (χ0v) is 10.7. The molecule has 88 valence electrons. The van der Waals surface area contributed by atoms with Gasteiger partial charge in [-0.25, -0.2) is 0 Å². The van der Waals surface area contributed by atoms with E-state index < -0.39 is 0 Å². The lowest BCUT2D eigenvalue weighted by molar-refractivity contribution is 0.296. The lowest BCUT2D eigenvalue weighted by Crippen LogP contribution is -1.85. The molecule has 0 aliphatic rings. The summed E-state index contributed by atoms with van der Waals surface area (Å²) in [5.41, 5.74) is 1.04. The molecular formula is C12H16O2S2. The van der Waals surface area contributed by atoms with Gasteiger partial charge in [-0.15, -0.1) is 11.3 Å². The van der Waals surface area contributed by atoms with Crippen molar-refractivity contribution in [2.75, 3.05) is 19.0 Å². The van der Waals surface area contributed by atoms with Crippen molar-refractivity contribution in [3.8, 4) is 11.8 Å². The molecule has 0 bridgehead atoms. The van der Waals surface area contributed by atoms with E-state index in [9.17, 15) is 0 Å². The molecule has 0 saturated carbocycles. The van der Waals surface area contributed by atoms with Crippen LogP contribution in [0.2, 0.25) is 0 Å². The molecule has 0 aliphatic heterocycles. The number of hydrogen-bond acceptors (Lipinski definition) is 4. The third kappa shape index (κ3) is 5.57. The van der Waals surface area contributed by atoms with Crippen LogP contribution < -0.4 is 0 Å². The van der Waals surface area contributed by atoms with Crippen LogP contribution in [0.3, 0.4) is 0 Å². The number of aliphatic hydroxyl groups excluding tert-OH is 2. The second-order valence-corrected chi connectivity index (χ2v) is 5.31. The van der Waals surface area contributed by atoms with Gasteiger partial charge in [-0.05, 0) is 18.2 Å². The monoisotopic (exact) mass is 256 g/mol. The Bertz CT molecular complexity index is 349. The van der Waals surface area contributed by atoms with E-state index in [2.05, 4.69) is 17.9 Å². The summed E-state index contributed by atoms with van der Waals surface area (Å²) >= 11 is 3.55. The molecule has 16 heavy (non-hydrogen) atoms. The number of thiophene rings is 1. The van der Waals surface area contributed by atoms with Crippen LogP contribution in [0.15, 0.2) is 11.4 Å². The molecule has 1 rings (SSSR count). The van der Waals surface area contributed by atoms with Gasteiger partial charge in [-0.2, -0.15) is 11.8 Å². The molecule has 1 heterocycles. The van der Waals surface area contributed by atoms with Crippen LogP contribution in [-0.2, 0) is 5.75 Å². The highest BCUT2D eigenvalue weighted by Crippen LogP contribution is 2.20. The van der Waals surface area contributed by atoms with Gasteiger partial charge in [0.1, 0.15) is 0 Å². The third-order valence-corrected chi connectivity index (χ3v) is 4.03. The second-order valence-electron chi connectivity index (χ2n) is 3.21. The predicted octanol–water partition coefficient (Wildman–Crippen LogP) is 2.10. The summed E-state index contributed by atoms with van der Waals surface area (Å²) in [5, 5.41) is 19.3. The van der Waals surface area contributed by atoms with E-state index >= 15 is 0 Å². The summed E-state index contributed by atoms with van der Waals surface area (Å²) in [4.78, 5) is 1.32. The van der Waals surface area contributed by atoms with Crippen LogP contribution in [0.1, 0.15) is 23.3 Å². The topological polar surface area (TPSA) is 40.5 Å². The van der Waals surface area contributed by atoms with E-state index in [4.69, 9.17) is 10.2 Å². The Kier molecular flexibility index (Phi) is 7.35. The summed E-state index contributed by atoms with van der Waals surface area (Å²) in [7, 11) is 0. The molecule has 0 atom stereocenters. The minimum absolute atomic E-state index is 0.126. The van der Waals surface area contributed by atoms with Gasteiger partial charge in [0.25, 0.3) is 0 Å². The summed E-state index contributed by atoms with van der Waals surface area (Å²) in [6.45, 7) is 0.399. The quantitative estimate of drug-likeness (QED) is 0.605. The molecule has 2 N–H and O–H groups in total. The van der Waals surface area contributed by atoms with Crippen LogP contribution in [-0.4, -0.2) is 29.2 Å². The first-order valence-electron chi connectivity index (χ1n) is 5.22. The van der Waals surface area contributed by atoms with Gasteiger partial charge in [0.05, 0.1) is 6.61 Å². The Morgan fingerprint density at radius 2 is 2.19 bits per heavy atom. The van der Waals surface area contributed by atoms with E-state index in [1.165, 1.54) is 4.88 Å². The highest BCUT2D eigenvalue weighted by molar-refractivity contribution is 7.98. The second kappa shape index (κ2) is 8.66. The van der Waals surface area contributed by atoms with Crippen LogP contribution in [0, 0.1) is 11.8 Å². The summed E-state index contributed by atoms with van der Waals surface area (Å²) in [6.07, 6.45) is 1.40. The zero-order chi connectivity index (χ0) is 11.6. The van der Waals surface area contributed by atoms with Gasteiger partial charge in [-0.3, -0.25) is 0 Å². The summed E-state index contributed by atoms with van der Waals surface area (Å²) in [5.74, 6) is 7.92. The maximum absolute atomic E-state index is 8.64. The molecule has 2 nitrogen and oxygen atoms in total. The van der Waals surface area contributed by atoms with Crippen molar-refractivity contribution in [3.05, 3.63) is 21.9 Å². The lowest BCUT2D eigenvalue weighted by atomic mass is 10.3.